The Bertz CT molecular complexity index is 277. The number of hydrogen-bond donors (Lipinski definition) is 0. The summed E-state index contributed by atoms with van der Waals surface area (Å²) in [6, 6.07) is 0. The minimum absolute atomic E-state index is 0. The van der Waals surface area contributed by atoms with E-state index in [1.54, 1.807) is 0 Å². The van der Waals surface area contributed by atoms with E-state index in [0.29, 0.717) is 5.27 Å². The summed E-state index contributed by atoms with van der Waals surface area (Å²) >= 11 is 8.07. The van der Waals surface area contributed by atoms with E-state index >= 15 is 0 Å². The van der Waals surface area contributed by atoms with Crippen LogP contribution < -0.4 is 0 Å². The zero-order valence-electron chi connectivity index (χ0n) is 13.1. The van der Waals surface area contributed by atoms with Crippen LogP contribution in [0.5, 0.6) is 0 Å². The van der Waals surface area contributed by atoms with Gasteiger partial charge in [0.2, 0.25) is 0 Å². The van der Waals surface area contributed by atoms with Crippen LogP contribution in [0.15, 0.2) is 0 Å². The molecule has 0 saturated heterocycles. The van der Waals surface area contributed by atoms with Gasteiger partial charge < -0.3 is 0 Å². The predicted octanol–water partition coefficient (Wildman–Crippen LogP) is 6.95. The quantitative estimate of drug-likeness (QED) is 0.270. The van der Waals surface area contributed by atoms with E-state index in [9.17, 15) is 4.79 Å². The van der Waals surface area contributed by atoms with Gasteiger partial charge in [-0.2, -0.15) is 0 Å². The summed E-state index contributed by atoms with van der Waals surface area (Å²) in [6.07, 6.45) is 5.92. The van der Waals surface area contributed by atoms with Crippen molar-refractivity contribution in [2.75, 3.05) is 37.0 Å². The van der Waals surface area contributed by atoms with Crippen LogP contribution in [0.2, 0.25) is 0 Å². The van der Waals surface area contributed by atoms with Gasteiger partial charge in [0.1, 0.15) is 0 Å². The Balaban J connectivity index is 0. The SMILES string of the molecule is CCP(Br)(CC)(CC)C(=O)P(Br)(CC)(CC)CC.[Ni]. The molecule has 0 aliphatic heterocycles. The molecule has 0 fully saturated rings. The Morgan fingerprint density at radius 3 is 0.947 bits per heavy atom. The molecule has 0 unspecified atom stereocenters. The fraction of sp³-hybridized carbons (Fsp3) is 0.923. The fourth-order valence-corrected chi connectivity index (χ4v) is 24.0. The zero-order valence-corrected chi connectivity index (χ0v) is 19.1. The molecular formula is C13H30Br2NiOP2. The Morgan fingerprint density at radius 2 is 0.842 bits per heavy atom. The summed E-state index contributed by atoms with van der Waals surface area (Å²) in [5, 5.41) is -4.19. The number of carbonyl (C=O) groups excluding carboxylic acids is 1. The predicted molar refractivity (Wildman–Crippen MR) is 100 cm³/mol. The summed E-state index contributed by atoms with van der Waals surface area (Å²) in [5.74, 6) is 0. The van der Waals surface area contributed by atoms with Crippen molar-refractivity contribution in [3.8, 4) is 0 Å². The number of rotatable bonds is 8. The fourth-order valence-electron chi connectivity index (χ4n) is 2.78. The van der Waals surface area contributed by atoms with E-state index in [2.05, 4.69) is 72.5 Å². The molecule has 0 spiro atoms. The summed E-state index contributed by atoms with van der Waals surface area (Å²) in [5.41, 5.74) is 0. The van der Waals surface area contributed by atoms with E-state index in [4.69, 9.17) is 0 Å². The molecule has 0 aromatic rings. The van der Waals surface area contributed by atoms with Gasteiger partial charge in [-0.3, -0.25) is 0 Å². The van der Waals surface area contributed by atoms with Crippen molar-refractivity contribution in [1.82, 2.24) is 0 Å². The molecule has 0 rings (SSSR count). The summed E-state index contributed by atoms with van der Waals surface area (Å²) in [7, 11) is 0. The molecule has 0 aromatic carbocycles. The van der Waals surface area contributed by atoms with E-state index in [1.165, 1.54) is 0 Å². The van der Waals surface area contributed by atoms with Gasteiger partial charge in [-0.25, -0.2) is 0 Å². The smallest absolute Gasteiger partial charge is 0 e. The molecule has 0 aliphatic rings. The maximum atomic E-state index is 13.5. The summed E-state index contributed by atoms with van der Waals surface area (Å²) < 4.78 is 0. The molecule has 6 heteroatoms. The van der Waals surface area contributed by atoms with Crippen molar-refractivity contribution in [3.63, 3.8) is 0 Å². The first-order valence-corrected chi connectivity index (χ1v) is 16.8. The minimum Gasteiger partial charge on any atom is 0 e. The van der Waals surface area contributed by atoms with Crippen molar-refractivity contribution in [2.24, 2.45) is 0 Å². The van der Waals surface area contributed by atoms with Crippen molar-refractivity contribution in [3.05, 3.63) is 0 Å². The van der Waals surface area contributed by atoms with Crippen LogP contribution in [0.4, 0.5) is 4.79 Å². The van der Waals surface area contributed by atoms with E-state index in [0.717, 1.165) is 37.0 Å². The molecular weight excluding hydrogens is 453 g/mol. The second-order valence-corrected chi connectivity index (χ2v) is 27.8. The molecule has 0 heterocycles. The van der Waals surface area contributed by atoms with Crippen LogP contribution >= 0.6 is 41.6 Å². The van der Waals surface area contributed by atoms with Gasteiger partial charge in [-0.15, -0.1) is 0 Å². The molecule has 0 aliphatic carbocycles. The molecule has 0 atom stereocenters. The molecule has 1 nitrogen and oxygen atoms in total. The third-order valence-electron chi connectivity index (χ3n) is 5.31. The van der Waals surface area contributed by atoms with Crippen LogP contribution in [0.1, 0.15) is 41.5 Å². The Morgan fingerprint density at radius 1 is 0.684 bits per heavy atom. The van der Waals surface area contributed by atoms with Gasteiger partial charge in [0.05, 0.1) is 0 Å². The molecule has 0 N–H and O–H groups in total. The average molecular weight is 483 g/mol. The third kappa shape index (κ3) is 3.67. The molecule has 0 amide bonds. The van der Waals surface area contributed by atoms with Crippen LogP contribution in [0.3, 0.4) is 0 Å². The molecule has 19 heavy (non-hydrogen) atoms. The minimum atomic E-state index is -2.39. The number of hydrogen-bond acceptors (Lipinski definition) is 1. The van der Waals surface area contributed by atoms with Gasteiger partial charge in [0, 0.05) is 16.5 Å². The van der Waals surface area contributed by atoms with Crippen molar-refractivity contribution in [2.45, 2.75) is 41.5 Å². The van der Waals surface area contributed by atoms with Gasteiger partial charge in [-0.1, -0.05) is 0 Å². The maximum absolute atomic E-state index is 13.5. The Kier molecular flexibility index (Phi) is 9.18. The van der Waals surface area contributed by atoms with Crippen molar-refractivity contribution < 1.29 is 21.3 Å². The first-order chi connectivity index (χ1) is 8.13. The first-order valence-electron chi connectivity index (χ1n) is 7.13. The van der Waals surface area contributed by atoms with Crippen molar-refractivity contribution >= 4 is 46.9 Å². The normalized spacial score (nSPS) is 16.6. The zero-order chi connectivity index (χ0) is 14.7. The maximum Gasteiger partial charge on any atom is 0 e. The average Bonchev–Trinajstić information content (AvgIpc) is 2.45. The van der Waals surface area contributed by atoms with Crippen LogP contribution in [0, 0.1) is 0 Å². The standard InChI is InChI=1S/C13H30Br2OP2.Ni/c1-7-17(14,8-2,9-3)13(16)18(15,10-4,11-5)12-6;/h7-12H2,1-6H3;. The van der Waals surface area contributed by atoms with Crippen molar-refractivity contribution in [1.29, 1.82) is 0 Å². The van der Waals surface area contributed by atoms with Crippen LogP contribution in [-0.4, -0.2) is 42.2 Å². The third-order valence-corrected chi connectivity index (χ3v) is 31.7. The topological polar surface area (TPSA) is 17.1 Å². The Hall–Kier alpha value is 1.98. The monoisotopic (exact) mass is 480 g/mol. The summed E-state index contributed by atoms with van der Waals surface area (Å²) in [6.45, 7) is 13.1. The Labute approximate surface area is 146 Å². The van der Waals surface area contributed by atoms with E-state index in [-0.39, 0.29) is 16.5 Å². The van der Waals surface area contributed by atoms with E-state index in [1.807, 2.05) is 0 Å². The van der Waals surface area contributed by atoms with Crippen LogP contribution in [-0.2, 0) is 16.5 Å². The van der Waals surface area contributed by atoms with Gasteiger partial charge in [-0.05, 0) is 0 Å². The molecule has 122 valence electrons. The van der Waals surface area contributed by atoms with E-state index < -0.39 is 10.6 Å². The van der Waals surface area contributed by atoms with Gasteiger partial charge in [0.15, 0.2) is 0 Å². The second-order valence-electron chi connectivity index (χ2n) is 5.36. The second kappa shape index (κ2) is 7.50. The molecule has 0 saturated carbocycles. The number of halogens is 2. The van der Waals surface area contributed by atoms with Gasteiger partial charge >= 0.3 is 130 Å². The van der Waals surface area contributed by atoms with Gasteiger partial charge in [0.25, 0.3) is 0 Å². The number of carbonyl (C=O) groups is 1. The largest absolute Gasteiger partial charge is 0 e. The molecule has 0 bridgehead atoms. The summed E-state index contributed by atoms with van der Waals surface area (Å²) in [4.78, 5) is 13.5. The molecule has 0 aromatic heterocycles. The molecule has 0 radical (unpaired) electrons. The first kappa shape index (κ1) is 23.3. The van der Waals surface area contributed by atoms with Crippen LogP contribution in [0.25, 0.3) is 0 Å².